The highest BCUT2D eigenvalue weighted by molar-refractivity contribution is 7.19. The molecule has 0 amide bonds. The summed E-state index contributed by atoms with van der Waals surface area (Å²) in [5, 5.41) is 23.2. The van der Waals surface area contributed by atoms with Crippen LogP contribution in [0.2, 0.25) is 0 Å². The minimum atomic E-state index is 0.206. The Morgan fingerprint density at radius 3 is 2.92 bits per heavy atom. The van der Waals surface area contributed by atoms with Crippen LogP contribution in [0.4, 0.5) is 0 Å². The standard InChI is InChI=1S/C17H17N5O2S/c1-10-19-14(24-21-10)7-4-8-22-9-12(23)15(16(22)18)17-20-11-5-2-3-6-13(11)25-17/h2-3,5-6,18,23H,4,7-9H2,1H3. The lowest BCUT2D eigenvalue weighted by atomic mass is 10.2. The second kappa shape index (κ2) is 6.29. The largest absolute Gasteiger partial charge is 0.510 e. The summed E-state index contributed by atoms with van der Waals surface area (Å²) in [5.41, 5.74) is 1.43. The van der Waals surface area contributed by atoms with Crippen LogP contribution in [0.15, 0.2) is 34.5 Å². The molecule has 7 nitrogen and oxygen atoms in total. The van der Waals surface area contributed by atoms with Crippen molar-refractivity contribution in [1.82, 2.24) is 20.0 Å². The van der Waals surface area contributed by atoms with Crippen LogP contribution in [0.1, 0.15) is 23.1 Å². The van der Waals surface area contributed by atoms with E-state index in [0.717, 1.165) is 16.6 Å². The van der Waals surface area contributed by atoms with E-state index in [0.29, 0.717) is 47.6 Å². The molecular weight excluding hydrogens is 338 g/mol. The molecule has 2 aromatic heterocycles. The molecule has 0 aliphatic carbocycles. The highest BCUT2D eigenvalue weighted by Crippen LogP contribution is 2.33. The van der Waals surface area contributed by atoms with Gasteiger partial charge >= 0.3 is 0 Å². The number of aryl methyl sites for hydroxylation is 2. The van der Waals surface area contributed by atoms with Crippen molar-refractivity contribution in [2.24, 2.45) is 0 Å². The molecule has 128 valence electrons. The average Bonchev–Trinajstić information content (AvgIpc) is 3.26. The van der Waals surface area contributed by atoms with Gasteiger partial charge in [-0.15, -0.1) is 11.3 Å². The highest BCUT2D eigenvalue weighted by Gasteiger charge is 2.30. The maximum Gasteiger partial charge on any atom is 0.226 e. The summed E-state index contributed by atoms with van der Waals surface area (Å²) in [7, 11) is 0. The highest BCUT2D eigenvalue weighted by atomic mass is 32.1. The lowest BCUT2D eigenvalue weighted by molar-refractivity contribution is 0.337. The van der Waals surface area contributed by atoms with Gasteiger partial charge in [0.1, 0.15) is 16.6 Å². The Morgan fingerprint density at radius 1 is 1.32 bits per heavy atom. The maximum absolute atomic E-state index is 10.4. The van der Waals surface area contributed by atoms with Gasteiger partial charge in [0.05, 0.1) is 22.3 Å². The molecule has 0 saturated heterocycles. The van der Waals surface area contributed by atoms with Crippen LogP contribution in [0.3, 0.4) is 0 Å². The number of amidine groups is 1. The molecule has 3 aromatic rings. The third kappa shape index (κ3) is 3.00. The second-order valence-corrected chi connectivity index (χ2v) is 6.95. The Kier molecular flexibility index (Phi) is 3.96. The third-order valence-corrected chi connectivity index (χ3v) is 5.13. The van der Waals surface area contributed by atoms with Crippen molar-refractivity contribution < 1.29 is 9.63 Å². The van der Waals surface area contributed by atoms with E-state index in [1.165, 1.54) is 11.3 Å². The Balaban J connectivity index is 1.45. The minimum absolute atomic E-state index is 0.206. The Labute approximate surface area is 148 Å². The van der Waals surface area contributed by atoms with Gasteiger partial charge in [0.25, 0.3) is 0 Å². The zero-order chi connectivity index (χ0) is 17.4. The van der Waals surface area contributed by atoms with Gasteiger partial charge in [0, 0.05) is 13.0 Å². The van der Waals surface area contributed by atoms with Crippen molar-refractivity contribution in [3.05, 3.63) is 46.7 Å². The molecule has 8 heteroatoms. The number of aromatic nitrogens is 3. The lowest BCUT2D eigenvalue weighted by Gasteiger charge is -2.17. The van der Waals surface area contributed by atoms with Crippen LogP contribution in [0.25, 0.3) is 15.8 Å². The summed E-state index contributed by atoms with van der Waals surface area (Å²) in [6.45, 7) is 2.76. The van der Waals surface area contributed by atoms with E-state index in [1.54, 1.807) is 6.92 Å². The number of para-hydroxylation sites is 1. The molecule has 1 aliphatic heterocycles. The van der Waals surface area contributed by atoms with Gasteiger partial charge in [0.2, 0.25) is 5.89 Å². The quantitative estimate of drug-likeness (QED) is 0.729. The average molecular weight is 355 g/mol. The molecule has 0 spiro atoms. The Hall–Kier alpha value is -2.74. The predicted molar refractivity (Wildman–Crippen MR) is 95.8 cm³/mol. The fourth-order valence-electron chi connectivity index (χ4n) is 2.89. The van der Waals surface area contributed by atoms with E-state index in [4.69, 9.17) is 9.93 Å². The van der Waals surface area contributed by atoms with Gasteiger partial charge in [0.15, 0.2) is 5.82 Å². The van der Waals surface area contributed by atoms with Crippen molar-refractivity contribution in [2.45, 2.75) is 19.8 Å². The van der Waals surface area contributed by atoms with Crippen LogP contribution >= 0.6 is 11.3 Å². The molecule has 3 heterocycles. The number of hydrogen-bond acceptors (Lipinski definition) is 7. The number of aliphatic hydroxyl groups excluding tert-OH is 1. The summed E-state index contributed by atoms with van der Waals surface area (Å²) in [6.07, 6.45) is 1.42. The maximum atomic E-state index is 10.4. The van der Waals surface area contributed by atoms with Gasteiger partial charge < -0.3 is 14.5 Å². The fourth-order valence-corrected chi connectivity index (χ4v) is 3.92. The first kappa shape index (κ1) is 15.8. The van der Waals surface area contributed by atoms with Crippen LogP contribution in [-0.4, -0.2) is 44.1 Å². The molecule has 0 atom stereocenters. The number of thiazole rings is 1. The van der Waals surface area contributed by atoms with Crippen molar-refractivity contribution in [1.29, 1.82) is 5.41 Å². The summed E-state index contributed by atoms with van der Waals surface area (Å²) < 4.78 is 6.15. The van der Waals surface area contributed by atoms with Crippen LogP contribution in [0.5, 0.6) is 0 Å². The topological polar surface area (TPSA) is 99.1 Å². The molecule has 2 N–H and O–H groups in total. The molecule has 1 aromatic carbocycles. The SMILES string of the molecule is Cc1noc(CCCN2CC(O)=C(c3nc4ccccc4s3)C2=N)n1. The van der Waals surface area contributed by atoms with Crippen molar-refractivity contribution in [3.63, 3.8) is 0 Å². The van der Waals surface area contributed by atoms with Gasteiger partial charge in [-0.3, -0.25) is 5.41 Å². The Morgan fingerprint density at radius 2 is 2.16 bits per heavy atom. The zero-order valence-electron chi connectivity index (χ0n) is 13.7. The van der Waals surface area contributed by atoms with Crippen molar-refractivity contribution >= 4 is 33.0 Å². The second-order valence-electron chi connectivity index (χ2n) is 5.92. The fraction of sp³-hybridized carbons (Fsp3) is 0.294. The lowest BCUT2D eigenvalue weighted by Crippen LogP contribution is -2.28. The van der Waals surface area contributed by atoms with Gasteiger partial charge in [-0.25, -0.2) is 4.98 Å². The molecule has 1 aliphatic rings. The van der Waals surface area contributed by atoms with E-state index < -0.39 is 0 Å². The first-order valence-corrected chi connectivity index (χ1v) is 8.84. The smallest absolute Gasteiger partial charge is 0.226 e. The predicted octanol–water partition coefficient (Wildman–Crippen LogP) is 3.18. The molecule has 4 rings (SSSR count). The molecule has 0 saturated carbocycles. The van der Waals surface area contributed by atoms with Crippen LogP contribution < -0.4 is 0 Å². The van der Waals surface area contributed by atoms with E-state index >= 15 is 0 Å². The molecule has 0 unspecified atom stereocenters. The van der Waals surface area contributed by atoms with Gasteiger partial charge in [-0.05, 0) is 25.5 Å². The first-order valence-electron chi connectivity index (χ1n) is 8.03. The third-order valence-electron chi connectivity index (χ3n) is 4.08. The van der Waals surface area contributed by atoms with Crippen molar-refractivity contribution in [3.8, 4) is 0 Å². The number of hydrogen-bond donors (Lipinski definition) is 2. The molecule has 0 fully saturated rings. The normalized spacial score (nSPS) is 14.9. The summed E-state index contributed by atoms with van der Waals surface area (Å²) in [6, 6.07) is 7.84. The van der Waals surface area contributed by atoms with Gasteiger partial charge in [-0.2, -0.15) is 4.98 Å². The summed E-state index contributed by atoms with van der Waals surface area (Å²) >= 11 is 1.50. The molecule has 25 heavy (non-hydrogen) atoms. The number of fused-ring (bicyclic) bond motifs is 1. The minimum Gasteiger partial charge on any atom is -0.510 e. The zero-order valence-corrected chi connectivity index (χ0v) is 14.5. The summed E-state index contributed by atoms with van der Waals surface area (Å²) in [5.74, 6) is 1.75. The first-order chi connectivity index (χ1) is 12.1. The summed E-state index contributed by atoms with van der Waals surface area (Å²) in [4.78, 5) is 10.6. The van der Waals surface area contributed by atoms with E-state index in [2.05, 4.69) is 15.1 Å². The van der Waals surface area contributed by atoms with Crippen LogP contribution in [-0.2, 0) is 6.42 Å². The number of benzene rings is 1. The Bertz CT molecular complexity index is 941. The number of nitrogens with zero attached hydrogens (tertiary/aromatic N) is 4. The van der Waals surface area contributed by atoms with Crippen LogP contribution in [0, 0.1) is 12.3 Å². The van der Waals surface area contributed by atoms with E-state index in [1.807, 2.05) is 29.2 Å². The number of rotatable bonds is 5. The van der Waals surface area contributed by atoms with Gasteiger partial charge in [-0.1, -0.05) is 17.3 Å². The molecular formula is C17H17N5O2S. The molecule has 0 radical (unpaired) electrons. The van der Waals surface area contributed by atoms with E-state index in [9.17, 15) is 5.11 Å². The molecule has 0 bridgehead atoms. The number of nitrogens with one attached hydrogen (secondary N) is 1. The van der Waals surface area contributed by atoms with Crippen molar-refractivity contribution in [2.75, 3.05) is 13.1 Å². The van der Waals surface area contributed by atoms with E-state index in [-0.39, 0.29) is 5.76 Å². The monoisotopic (exact) mass is 355 g/mol. The number of aliphatic hydroxyl groups is 1.